The third-order valence-corrected chi connectivity index (χ3v) is 1.97. The van der Waals surface area contributed by atoms with Crippen molar-refractivity contribution in [2.45, 2.75) is 34.1 Å². The molecule has 2 heteroatoms. The Bertz CT molecular complexity index is 305. The molecule has 0 atom stereocenters. The maximum absolute atomic E-state index is 13.1. The third-order valence-electron chi connectivity index (χ3n) is 1.97. The second-order valence-electron chi connectivity index (χ2n) is 3.39. The summed E-state index contributed by atoms with van der Waals surface area (Å²) < 4.78 is 13.1. The fourth-order valence-corrected chi connectivity index (χ4v) is 1.03. The molecule has 1 aromatic carbocycles. The molecule has 0 aromatic heterocycles. The monoisotopic (exact) mass is 210 g/mol. The highest BCUT2D eigenvalue weighted by Gasteiger charge is 2.10. The predicted octanol–water partition coefficient (Wildman–Crippen LogP) is 3.62. The van der Waals surface area contributed by atoms with Crippen molar-refractivity contribution < 1.29 is 9.18 Å². The van der Waals surface area contributed by atoms with Crippen molar-refractivity contribution >= 4 is 5.78 Å². The summed E-state index contributed by atoms with van der Waals surface area (Å²) in [7, 11) is 0. The summed E-state index contributed by atoms with van der Waals surface area (Å²) in [5.74, 6) is -0.249. The Morgan fingerprint density at radius 3 is 2.27 bits per heavy atom. The summed E-state index contributed by atoms with van der Waals surface area (Å²) in [6, 6.07) is 6.39. The van der Waals surface area contributed by atoms with Crippen LogP contribution >= 0.6 is 0 Å². The van der Waals surface area contributed by atoms with E-state index in [1.165, 1.54) is 6.07 Å². The van der Waals surface area contributed by atoms with E-state index >= 15 is 0 Å². The van der Waals surface area contributed by atoms with E-state index in [9.17, 15) is 9.18 Å². The quantitative estimate of drug-likeness (QED) is 0.744. The minimum atomic E-state index is -0.295. The fourth-order valence-electron chi connectivity index (χ4n) is 1.03. The Balaban J connectivity index is 0.000000921. The smallest absolute Gasteiger partial charge is 0.139 e. The van der Waals surface area contributed by atoms with E-state index in [1.807, 2.05) is 27.7 Å². The average Bonchev–Trinajstić information content (AvgIpc) is 2.24. The standard InChI is InChI=1S/C11H13FO.C2H6/c1-8(2)11(13)7-9-5-3-4-6-10(9)12;1-2/h3-6,8H,7H2,1-2H3;1-2H3. The van der Waals surface area contributed by atoms with Gasteiger partial charge in [-0.15, -0.1) is 0 Å². The number of hydrogen-bond donors (Lipinski definition) is 0. The first-order valence-electron chi connectivity index (χ1n) is 5.37. The van der Waals surface area contributed by atoms with Gasteiger partial charge in [-0.25, -0.2) is 4.39 Å². The Hall–Kier alpha value is -1.18. The van der Waals surface area contributed by atoms with E-state index in [0.717, 1.165) is 0 Å². The summed E-state index contributed by atoms with van der Waals surface area (Å²) in [6.07, 6.45) is 0.199. The maximum Gasteiger partial charge on any atom is 0.139 e. The van der Waals surface area contributed by atoms with Crippen LogP contribution in [0.25, 0.3) is 0 Å². The van der Waals surface area contributed by atoms with Crippen LogP contribution in [0.1, 0.15) is 33.3 Å². The molecule has 1 nitrogen and oxygen atoms in total. The molecule has 0 N–H and O–H groups in total. The van der Waals surface area contributed by atoms with Crippen LogP contribution in [0.5, 0.6) is 0 Å². The minimum absolute atomic E-state index is 0.0281. The number of Topliss-reactive ketones (excluding diaryl/α,β-unsaturated/α-hetero) is 1. The van der Waals surface area contributed by atoms with Gasteiger partial charge >= 0.3 is 0 Å². The van der Waals surface area contributed by atoms with E-state index < -0.39 is 0 Å². The molecule has 0 aliphatic carbocycles. The summed E-state index contributed by atoms with van der Waals surface area (Å²) in [6.45, 7) is 7.65. The zero-order valence-corrected chi connectivity index (χ0v) is 9.88. The van der Waals surface area contributed by atoms with Gasteiger partial charge in [0.15, 0.2) is 0 Å². The fraction of sp³-hybridized carbons (Fsp3) is 0.462. The molecule has 1 aromatic rings. The first kappa shape index (κ1) is 13.8. The first-order valence-corrected chi connectivity index (χ1v) is 5.37. The van der Waals surface area contributed by atoms with Crippen molar-refractivity contribution in [3.05, 3.63) is 35.6 Å². The predicted molar refractivity (Wildman–Crippen MR) is 61.3 cm³/mol. The number of rotatable bonds is 3. The maximum atomic E-state index is 13.1. The van der Waals surface area contributed by atoms with Gasteiger partial charge in [0.05, 0.1) is 0 Å². The molecule has 0 bridgehead atoms. The molecule has 0 aliphatic rings. The van der Waals surface area contributed by atoms with E-state index in [-0.39, 0.29) is 23.9 Å². The van der Waals surface area contributed by atoms with Gasteiger partial charge in [-0.3, -0.25) is 4.79 Å². The molecule has 0 spiro atoms. The Morgan fingerprint density at radius 1 is 1.27 bits per heavy atom. The topological polar surface area (TPSA) is 17.1 Å². The third kappa shape index (κ3) is 4.73. The first-order chi connectivity index (χ1) is 7.11. The van der Waals surface area contributed by atoms with E-state index in [0.29, 0.717) is 5.56 Å². The van der Waals surface area contributed by atoms with Gasteiger partial charge < -0.3 is 0 Å². The van der Waals surface area contributed by atoms with Crippen LogP contribution in [-0.2, 0) is 11.2 Å². The summed E-state index contributed by atoms with van der Waals surface area (Å²) in [4.78, 5) is 11.3. The van der Waals surface area contributed by atoms with Crippen LogP contribution in [0.3, 0.4) is 0 Å². The highest BCUT2D eigenvalue weighted by atomic mass is 19.1. The summed E-state index contributed by atoms with van der Waals surface area (Å²) >= 11 is 0. The SMILES string of the molecule is CC.CC(C)C(=O)Cc1ccccc1F. The second-order valence-corrected chi connectivity index (χ2v) is 3.39. The Morgan fingerprint density at radius 2 is 1.80 bits per heavy atom. The number of carbonyl (C=O) groups is 1. The van der Waals surface area contributed by atoms with Crippen molar-refractivity contribution in [3.63, 3.8) is 0 Å². The van der Waals surface area contributed by atoms with Gasteiger partial charge in [-0.2, -0.15) is 0 Å². The molecule has 0 saturated carbocycles. The molecule has 0 saturated heterocycles. The normalized spacial score (nSPS) is 9.47. The van der Waals surface area contributed by atoms with Crippen molar-refractivity contribution in [2.75, 3.05) is 0 Å². The number of benzene rings is 1. The molecule has 0 unspecified atom stereocenters. The molecule has 0 radical (unpaired) electrons. The van der Waals surface area contributed by atoms with Crippen LogP contribution in [0.2, 0.25) is 0 Å². The lowest BCUT2D eigenvalue weighted by molar-refractivity contribution is -0.121. The molecule has 0 fully saturated rings. The zero-order valence-electron chi connectivity index (χ0n) is 9.88. The van der Waals surface area contributed by atoms with Crippen LogP contribution in [0.4, 0.5) is 4.39 Å². The van der Waals surface area contributed by atoms with E-state index in [2.05, 4.69) is 0 Å². The van der Waals surface area contributed by atoms with Gasteiger partial charge in [-0.1, -0.05) is 45.9 Å². The van der Waals surface area contributed by atoms with Crippen molar-refractivity contribution in [3.8, 4) is 0 Å². The zero-order chi connectivity index (χ0) is 11.8. The Kier molecular flexibility index (Phi) is 6.59. The number of carbonyl (C=O) groups excluding carboxylic acids is 1. The van der Waals surface area contributed by atoms with Crippen molar-refractivity contribution in [1.29, 1.82) is 0 Å². The minimum Gasteiger partial charge on any atom is -0.299 e. The molecule has 84 valence electrons. The average molecular weight is 210 g/mol. The lowest BCUT2D eigenvalue weighted by Gasteiger charge is -2.04. The molecular weight excluding hydrogens is 191 g/mol. The number of ketones is 1. The van der Waals surface area contributed by atoms with E-state index in [4.69, 9.17) is 0 Å². The summed E-state index contributed by atoms with van der Waals surface area (Å²) in [5.41, 5.74) is 0.487. The van der Waals surface area contributed by atoms with Crippen LogP contribution in [-0.4, -0.2) is 5.78 Å². The Labute approximate surface area is 91.3 Å². The second kappa shape index (κ2) is 7.16. The molecular formula is C13H19FO. The van der Waals surface area contributed by atoms with Gasteiger partial charge in [0.1, 0.15) is 11.6 Å². The molecule has 0 aliphatic heterocycles. The summed E-state index contributed by atoms with van der Waals surface area (Å²) in [5, 5.41) is 0. The number of halogens is 1. The van der Waals surface area contributed by atoms with Gasteiger partial charge in [-0.05, 0) is 11.6 Å². The van der Waals surface area contributed by atoms with Crippen LogP contribution in [0, 0.1) is 11.7 Å². The largest absolute Gasteiger partial charge is 0.299 e. The lowest BCUT2D eigenvalue weighted by atomic mass is 10.0. The van der Waals surface area contributed by atoms with Crippen LogP contribution in [0.15, 0.2) is 24.3 Å². The van der Waals surface area contributed by atoms with Crippen molar-refractivity contribution in [2.24, 2.45) is 5.92 Å². The highest BCUT2D eigenvalue weighted by molar-refractivity contribution is 5.82. The molecule has 0 heterocycles. The van der Waals surface area contributed by atoms with Crippen molar-refractivity contribution in [1.82, 2.24) is 0 Å². The van der Waals surface area contributed by atoms with Crippen LogP contribution < -0.4 is 0 Å². The highest BCUT2D eigenvalue weighted by Crippen LogP contribution is 2.09. The van der Waals surface area contributed by atoms with E-state index in [1.54, 1.807) is 18.2 Å². The molecule has 15 heavy (non-hydrogen) atoms. The number of hydrogen-bond acceptors (Lipinski definition) is 1. The molecule has 1 rings (SSSR count). The lowest BCUT2D eigenvalue weighted by Crippen LogP contribution is -2.11. The van der Waals surface area contributed by atoms with Gasteiger partial charge in [0.2, 0.25) is 0 Å². The van der Waals surface area contributed by atoms with Gasteiger partial charge in [0.25, 0.3) is 0 Å². The molecule has 0 amide bonds. The van der Waals surface area contributed by atoms with Gasteiger partial charge in [0, 0.05) is 12.3 Å².